The Morgan fingerprint density at radius 1 is 1.30 bits per heavy atom. The molecular formula is C20H23BrO2. The summed E-state index contributed by atoms with van der Waals surface area (Å²) in [6.07, 6.45) is 6.36. The van der Waals surface area contributed by atoms with E-state index in [1.54, 1.807) is 12.1 Å². The van der Waals surface area contributed by atoms with Crippen LogP contribution in [0.1, 0.15) is 39.7 Å². The Kier molecular flexibility index (Phi) is 7.24. The van der Waals surface area contributed by atoms with Crippen LogP contribution in [0.25, 0.3) is 5.57 Å². The van der Waals surface area contributed by atoms with Crippen molar-refractivity contribution < 1.29 is 9.90 Å². The second-order valence-corrected chi connectivity index (χ2v) is 6.32. The third kappa shape index (κ3) is 5.36. The third-order valence-corrected chi connectivity index (χ3v) is 4.23. The summed E-state index contributed by atoms with van der Waals surface area (Å²) in [4.78, 5) is 11.2. The van der Waals surface area contributed by atoms with Crippen LogP contribution in [0.5, 0.6) is 5.75 Å². The minimum absolute atomic E-state index is 0.0335. The molecule has 122 valence electrons. The highest BCUT2D eigenvalue weighted by Gasteiger charge is 2.09. The third-order valence-electron chi connectivity index (χ3n) is 3.74. The highest BCUT2D eigenvalue weighted by Crippen LogP contribution is 2.33. The maximum absolute atomic E-state index is 11.2. The molecule has 0 fully saturated rings. The first-order chi connectivity index (χ1) is 10.8. The van der Waals surface area contributed by atoms with Crippen molar-refractivity contribution in [1.29, 1.82) is 0 Å². The predicted molar refractivity (Wildman–Crippen MR) is 101 cm³/mol. The first kappa shape index (κ1) is 19.2. The van der Waals surface area contributed by atoms with E-state index in [2.05, 4.69) is 29.4 Å². The van der Waals surface area contributed by atoms with Crippen molar-refractivity contribution in [1.82, 2.24) is 0 Å². The fourth-order valence-corrected chi connectivity index (χ4v) is 2.70. The molecule has 0 saturated carbocycles. The Morgan fingerprint density at radius 3 is 2.52 bits per heavy atom. The van der Waals surface area contributed by atoms with Crippen molar-refractivity contribution in [3.05, 3.63) is 69.8 Å². The average molecular weight is 375 g/mol. The van der Waals surface area contributed by atoms with Gasteiger partial charge < -0.3 is 5.11 Å². The Balaban J connectivity index is 3.21. The Labute approximate surface area is 147 Å². The molecule has 0 aliphatic heterocycles. The van der Waals surface area contributed by atoms with E-state index in [0.717, 1.165) is 33.2 Å². The molecule has 0 spiro atoms. The molecule has 23 heavy (non-hydrogen) atoms. The standard InChI is InChI=1S/C20H23BrO2/c1-6-18(14(3)9-7-8-13(2)16(5)22)15(4)19-12-17(21)10-11-20(19)23/h7-12,23H,2,6H2,1,3-5H3/b8-7-,14-9+,18-15-. The van der Waals surface area contributed by atoms with Crippen LogP contribution < -0.4 is 0 Å². The molecule has 0 aromatic heterocycles. The highest BCUT2D eigenvalue weighted by atomic mass is 79.9. The fraction of sp³-hybridized carbons (Fsp3) is 0.250. The van der Waals surface area contributed by atoms with E-state index in [1.807, 2.05) is 38.1 Å². The molecule has 1 aromatic carbocycles. The SMILES string of the molecule is C=C(\C=C/C=C(C)/C(CC)=C(/C)c1cc(Br)ccc1O)C(C)=O. The smallest absolute Gasteiger partial charge is 0.159 e. The number of allylic oxidation sites excluding steroid dienone is 7. The molecule has 3 heteroatoms. The van der Waals surface area contributed by atoms with Gasteiger partial charge in [0.05, 0.1) is 0 Å². The van der Waals surface area contributed by atoms with Crippen LogP contribution in [0.15, 0.2) is 64.2 Å². The lowest BCUT2D eigenvalue weighted by atomic mass is 9.94. The van der Waals surface area contributed by atoms with Crippen molar-refractivity contribution >= 4 is 27.3 Å². The molecule has 2 nitrogen and oxygen atoms in total. The Bertz CT molecular complexity index is 706. The van der Waals surface area contributed by atoms with Crippen LogP contribution >= 0.6 is 15.9 Å². The van der Waals surface area contributed by atoms with Gasteiger partial charge in [0.2, 0.25) is 0 Å². The Morgan fingerprint density at radius 2 is 1.96 bits per heavy atom. The molecular weight excluding hydrogens is 352 g/mol. The van der Waals surface area contributed by atoms with Gasteiger partial charge in [-0.05, 0) is 62.1 Å². The fourth-order valence-electron chi connectivity index (χ4n) is 2.34. The number of phenolic OH excluding ortho intramolecular Hbond substituents is 1. The predicted octanol–water partition coefficient (Wildman–Crippen LogP) is 5.99. The number of aromatic hydroxyl groups is 1. The topological polar surface area (TPSA) is 37.3 Å². The second-order valence-electron chi connectivity index (χ2n) is 5.41. The van der Waals surface area contributed by atoms with E-state index >= 15 is 0 Å². The summed E-state index contributed by atoms with van der Waals surface area (Å²) in [7, 11) is 0. The van der Waals surface area contributed by atoms with Gasteiger partial charge >= 0.3 is 0 Å². The summed E-state index contributed by atoms with van der Waals surface area (Å²) in [5, 5.41) is 10.1. The number of Topliss-reactive ketones (excluding diaryl/α,β-unsaturated/α-hetero) is 1. The van der Waals surface area contributed by atoms with Crippen molar-refractivity contribution in [3.8, 4) is 5.75 Å². The lowest BCUT2D eigenvalue weighted by molar-refractivity contribution is -0.113. The van der Waals surface area contributed by atoms with Crippen LogP contribution in [0, 0.1) is 0 Å². The van der Waals surface area contributed by atoms with Crippen LogP contribution in [-0.4, -0.2) is 10.9 Å². The molecule has 1 N–H and O–H groups in total. The van der Waals surface area contributed by atoms with E-state index in [4.69, 9.17) is 0 Å². The van der Waals surface area contributed by atoms with Crippen LogP contribution in [0.3, 0.4) is 0 Å². The Hall–Kier alpha value is -1.87. The molecule has 0 amide bonds. The van der Waals surface area contributed by atoms with Crippen molar-refractivity contribution in [2.45, 2.75) is 34.1 Å². The summed E-state index contributed by atoms with van der Waals surface area (Å²) in [5.41, 5.74) is 4.60. The molecule has 0 aliphatic rings. The number of benzene rings is 1. The van der Waals surface area contributed by atoms with Gasteiger partial charge in [0.15, 0.2) is 5.78 Å². The monoisotopic (exact) mass is 374 g/mol. The molecule has 0 radical (unpaired) electrons. The number of carbonyl (C=O) groups excluding carboxylic acids is 1. The number of rotatable bonds is 6. The molecule has 0 atom stereocenters. The van der Waals surface area contributed by atoms with E-state index in [9.17, 15) is 9.90 Å². The zero-order chi connectivity index (χ0) is 17.6. The normalized spacial score (nSPS) is 13.2. The zero-order valence-corrected chi connectivity index (χ0v) is 15.7. The van der Waals surface area contributed by atoms with Gasteiger partial charge in [-0.25, -0.2) is 0 Å². The summed E-state index contributed by atoms with van der Waals surface area (Å²) in [6, 6.07) is 5.42. The highest BCUT2D eigenvalue weighted by molar-refractivity contribution is 9.10. The summed E-state index contributed by atoms with van der Waals surface area (Å²) >= 11 is 3.44. The van der Waals surface area contributed by atoms with Gasteiger partial charge in [-0.3, -0.25) is 4.79 Å². The molecule has 0 heterocycles. The minimum atomic E-state index is -0.0335. The summed E-state index contributed by atoms with van der Waals surface area (Å²) in [6.45, 7) is 11.3. The van der Waals surface area contributed by atoms with Crippen molar-refractivity contribution in [3.63, 3.8) is 0 Å². The second kappa shape index (κ2) is 8.68. The van der Waals surface area contributed by atoms with Gasteiger partial charge in [-0.15, -0.1) is 0 Å². The van der Waals surface area contributed by atoms with E-state index in [0.29, 0.717) is 5.57 Å². The molecule has 0 bridgehead atoms. The van der Waals surface area contributed by atoms with Gasteiger partial charge in [-0.2, -0.15) is 0 Å². The maximum atomic E-state index is 11.2. The largest absolute Gasteiger partial charge is 0.507 e. The van der Waals surface area contributed by atoms with E-state index in [-0.39, 0.29) is 11.5 Å². The number of ketones is 1. The van der Waals surface area contributed by atoms with Crippen molar-refractivity contribution in [2.75, 3.05) is 0 Å². The molecule has 0 unspecified atom stereocenters. The molecule has 0 saturated heterocycles. The van der Waals surface area contributed by atoms with E-state index < -0.39 is 0 Å². The summed E-state index contributed by atoms with van der Waals surface area (Å²) in [5.74, 6) is 0.235. The van der Waals surface area contributed by atoms with Gasteiger partial charge in [0.25, 0.3) is 0 Å². The first-order valence-electron chi connectivity index (χ1n) is 7.51. The van der Waals surface area contributed by atoms with Gasteiger partial charge in [0, 0.05) is 15.6 Å². The number of hydrogen-bond donors (Lipinski definition) is 1. The summed E-state index contributed by atoms with van der Waals surface area (Å²) < 4.78 is 0.930. The quantitative estimate of drug-likeness (QED) is 0.490. The first-order valence-corrected chi connectivity index (χ1v) is 8.31. The molecule has 1 aromatic rings. The van der Waals surface area contributed by atoms with Crippen LogP contribution in [0.4, 0.5) is 0 Å². The molecule has 1 rings (SSSR count). The number of hydrogen-bond acceptors (Lipinski definition) is 2. The minimum Gasteiger partial charge on any atom is -0.507 e. The van der Waals surface area contributed by atoms with Crippen LogP contribution in [-0.2, 0) is 4.79 Å². The zero-order valence-electron chi connectivity index (χ0n) is 14.1. The molecule has 0 aliphatic carbocycles. The lowest BCUT2D eigenvalue weighted by Gasteiger charge is -2.13. The number of halogens is 1. The van der Waals surface area contributed by atoms with Crippen molar-refractivity contribution in [2.24, 2.45) is 0 Å². The lowest BCUT2D eigenvalue weighted by Crippen LogP contribution is -1.92. The van der Waals surface area contributed by atoms with Crippen LogP contribution in [0.2, 0.25) is 0 Å². The average Bonchev–Trinajstić information content (AvgIpc) is 2.50. The van der Waals surface area contributed by atoms with Gasteiger partial charge in [-0.1, -0.05) is 47.7 Å². The number of phenols is 1. The maximum Gasteiger partial charge on any atom is 0.159 e. The van der Waals surface area contributed by atoms with E-state index in [1.165, 1.54) is 6.92 Å². The van der Waals surface area contributed by atoms with Gasteiger partial charge in [0.1, 0.15) is 5.75 Å². The number of carbonyl (C=O) groups is 1.